The molecule has 1 saturated heterocycles. The molecule has 22 heavy (non-hydrogen) atoms. The van der Waals surface area contributed by atoms with Crippen LogP contribution in [0.2, 0.25) is 0 Å². The third kappa shape index (κ3) is 2.98. The average Bonchev–Trinajstić information content (AvgIpc) is 3.16. The van der Waals surface area contributed by atoms with Gasteiger partial charge in [0.05, 0.1) is 12.4 Å². The van der Waals surface area contributed by atoms with Gasteiger partial charge in [-0.3, -0.25) is 4.98 Å². The van der Waals surface area contributed by atoms with Crippen LogP contribution in [0.1, 0.15) is 24.8 Å². The summed E-state index contributed by atoms with van der Waals surface area (Å²) in [5.41, 5.74) is 1.33. The van der Waals surface area contributed by atoms with E-state index in [0.717, 1.165) is 28.4 Å². The van der Waals surface area contributed by atoms with E-state index in [9.17, 15) is 0 Å². The van der Waals surface area contributed by atoms with Gasteiger partial charge in [-0.2, -0.15) is 0 Å². The lowest BCUT2D eigenvalue weighted by Crippen LogP contribution is -2.22. The fourth-order valence-corrected chi connectivity index (χ4v) is 4.51. The molecule has 2 heterocycles. The van der Waals surface area contributed by atoms with Gasteiger partial charge in [0.2, 0.25) is 0 Å². The van der Waals surface area contributed by atoms with Gasteiger partial charge in [0, 0.05) is 18.8 Å². The van der Waals surface area contributed by atoms with Crippen molar-refractivity contribution >= 4 is 17.6 Å². The number of nitrogens with zero attached hydrogens (tertiary/aromatic N) is 3. The molecule has 0 bridgehead atoms. The maximum Gasteiger partial charge on any atom is 0.148 e. The lowest BCUT2D eigenvalue weighted by Gasteiger charge is -2.18. The maximum absolute atomic E-state index is 4.82. The van der Waals surface area contributed by atoms with E-state index in [0.29, 0.717) is 0 Å². The standard InChI is InChI=1S/C18H21N3S/c1-2-5-14(6-3-1)13-22-18-10-19-9-17(20-18)21-11-15-7-4-8-16(15)12-21/h1-3,5-6,9-10,15-16H,4,7-8,11-13H2. The molecule has 0 spiro atoms. The van der Waals surface area contributed by atoms with Crippen molar-refractivity contribution in [1.82, 2.24) is 9.97 Å². The quantitative estimate of drug-likeness (QED) is 0.798. The van der Waals surface area contributed by atoms with E-state index in [4.69, 9.17) is 4.98 Å². The molecule has 4 rings (SSSR count). The Labute approximate surface area is 136 Å². The predicted octanol–water partition coefficient (Wildman–Crippen LogP) is 4.01. The average molecular weight is 311 g/mol. The molecular formula is C18H21N3S. The predicted molar refractivity (Wildman–Crippen MR) is 91.1 cm³/mol. The summed E-state index contributed by atoms with van der Waals surface area (Å²) in [6.45, 7) is 2.35. The van der Waals surface area contributed by atoms with Crippen molar-refractivity contribution in [1.29, 1.82) is 0 Å². The molecule has 3 nitrogen and oxygen atoms in total. The van der Waals surface area contributed by atoms with Gasteiger partial charge in [-0.15, -0.1) is 11.8 Å². The van der Waals surface area contributed by atoms with E-state index in [1.165, 1.54) is 37.9 Å². The third-order valence-corrected chi connectivity index (χ3v) is 5.85. The molecule has 0 N–H and O–H groups in total. The number of hydrogen-bond acceptors (Lipinski definition) is 4. The first-order valence-electron chi connectivity index (χ1n) is 8.12. The van der Waals surface area contributed by atoms with E-state index in [1.807, 2.05) is 12.4 Å². The fraction of sp³-hybridized carbons (Fsp3) is 0.444. The van der Waals surface area contributed by atoms with Gasteiger partial charge in [-0.05, 0) is 30.2 Å². The zero-order valence-corrected chi connectivity index (χ0v) is 13.5. The largest absolute Gasteiger partial charge is 0.355 e. The van der Waals surface area contributed by atoms with E-state index in [1.54, 1.807) is 11.8 Å². The summed E-state index contributed by atoms with van der Waals surface area (Å²) >= 11 is 1.77. The molecule has 1 aromatic carbocycles. The maximum atomic E-state index is 4.82. The van der Waals surface area contributed by atoms with E-state index < -0.39 is 0 Å². The highest BCUT2D eigenvalue weighted by molar-refractivity contribution is 7.98. The lowest BCUT2D eigenvalue weighted by atomic mass is 10.0. The van der Waals surface area contributed by atoms with Crippen LogP contribution in [0.4, 0.5) is 5.82 Å². The van der Waals surface area contributed by atoms with Gasteiger partial charge in [0.25, 0.3) is 0 Å². The number of benzene rings is 1. The second-order valence-corrected chi connectivity index (χ2v) is 7.34. The molecule has 1 aliphatic carbocycles. The summed E-state index contributed by atoms with van der Waals surface area (Å²) < 4.78 is 0. The Hall–Kier alpha value is -1.55. The van der Waals surface area contributed by atoms with Crippen molar-refractivity contribution in [3.05, 3.63) is 48.3 Å². The molecule has 0 radical (unpaired) electrons. The van der Waals surface area contributed by atoms with Gasteiger partial charge in [-0.25, -0.2) is 4.98 Å². The van der Waals surface area contributed by atoms with E-state index >= 15 is 0 Å². The molecule has 1 aromatic heterocycles. The summed E-state index contributed by atoms with van der Waals surface area (Å²) in [5, 5.41) is 1.03. The minimum Gasteiger partial charge on any atom is -0.355 e. The minimum atomic E-state index is 0.891. The minimum absolute atomic E-state index is 0.891. The van der Waals surface area contributed by atoms with Crippen LogP contribution in [-0.2, 0) is 5.75 Å². The Morgan fingerprint density at radius 3 is 2.59 bits per heavy atom. The second kappa shape index (κ2) is 6.29. The molecular weight excluding hydrogens is 290 g/mol. The van der Waals surface area contributed by atoms with E-state index in [2.05, 4.69) is 40.2 Å². The van der Waals surface area contributed by atoms with Crippen LogP contribution < -0.4 is 4.90 Å². The van der Waals surface area contributed by atoms with Crippen LogP contribution in [0.5, 0.6) is 0 Å². The van der Waals surface area contributed by atoms with Crippen molar-refractivity contribution in [2.24, 2.45) is 11.8 Å². The lowest BCUT2D eigenvalue weighted by molar-refractivity contribution is 0.494. The van der Waals surface area contributed by atoms with Gasteiger partial charge in [0.15, 0.2) is 0 Å². The first kappa shape index (κ1) is 14.1. The van der Waals surface area contributed by atoms with Gasteiger partial charge < -0.3 is 4.90 Å². The number of hydrogen-bond donors (Lipinski definition) is 0. The van der Waals surface area contributed by atoms with Crippen molar-refractivity contribution in [3.8, 4) is 0 Å². The Morgan fingerprint density at radius 1 is 1.05 bits per heavy atom. The smallest absolute Gasteiger partial charge is 0.148 e. The highest BCUT2D eigenvalue weighted by atomic mass is 32.2. The molecule has 2 fully saturated rings. The highest BCUT2D eigenvalue weighted by Gasteiger charge is 2.36. The van der Waals surface area contributed by atoms with Crippen LogP contribution >= 0.6 is 11.8 Å². The number of aromatic nitrogens is 2. The number of rotatable bonds is 4. The first-order chi connectivity index (χ1) is 10.9. The van der Waals surface area contributed by atoms with Crippen LogP contribution in [0.15, 0.2) is 47.8 Å². The van der Waals surface area contributed by atoms with Crippen LogP contribution in [0, 0.1) is 11.8 Å². The Morgan fingerprint density at radius 2 is 1.82 bits per heavy atom. The fourth-order valence-electron chi connectivity index (χ4n) is 3.71. The highest BCUT2D eigenvalue weighted by Crippen LogP contribution is 2.39. The van der Waals surface area contributed by atoms with Crippen LogP contribution in [0.3, 0.4) is 0 Å². The Kier molecular flexibility index (Phi) is 4.02. The topological polar surface area (TPSA) is 29.0 Å². The first-order valence-corrected chi connectivity index (χ1v) is 9.11. The summed E-state index contributed by atoms with van der Waals surface area (Å²) in [4.78, 5) is 11.7. The van der Waals surface area contributed by atoms with Gasteiger partial charge in [0.1, 0.15) is 10.8 Å². The van der Waals surface area contributed by atoms with Gasteiger partial charge in [-0.1, -0.05) is 36.8 Å². The SMILES string of the molecule is c1ccc(CSc2cncc(N3CC4CCCC4C3)n2)cc1. The monoisotopic (exact) mass is 311 g/mol. The molecule has 2 unspecified atom stereocenters. The van der Waals surface area contributed by atoms with Crippen LogP contribution in [0.25, 0.3) is 0 Å². The molecule has 114 valence electrons. The van der Waals surface area contributed by atoms with E-state index in [-0.39, 0.29) is 0 Å². The van der Waals surface area contributed by atoms with Crippen molar-refractivity contribution in [2.75, 3.05) is 18.0 Å². The van der Waals surface area contributed by atoms with Crippen LogP contribution in [-0.4, -0.2) is 23.1 Å². The Balaban J connectivity index is 1.42. The zero-order valence-electron chi connectivity index (χ0n) is 12.7. The number of fused-ring (bicyclic) bond motifs is 1. The summed E-state index contributed by atoms with van der Waals surface area (Å²) in [6, 6.07) is 10.5. The second-order valence-electron chi connectivity index (χ2n) is 6.35. The van der Waals surface area contributed by atoms with Crippen molar-refractivity contribution in [2.45, 2.75) is 30.0 Å². The molecule has 2 aromatic rings. The Bertz CT molecular complexity index is 619. The van der Waals surface area contributed by atoms with Crippen molar-refractivity contribution in [3.63, 3.8) is 0 Å². The molecule has 2 aliphatic rings. The van der Waals surface area contributed by atoms with Crippen molar-refractivity contribution < 1.29 is 0 Å². The summed E-state index contributed by atoms with van der Waals surface area (Å²) in [5.74, 6) is 3.79. The third-order valence-electron chi connectivity index (χ3n) is 4.88. The molecule has 2 atom stereocenters. The normalized spacial score (nSPS) is 23.7. The molecule has 1 saturated carbocycles. The van der Waals surface area contributed by atoms with Gasteiger partial charge >= 0.3 is 0 Å². The zero-order chi connectivity index (χ0) is 14.8. The molecule has 0 amide bonds. The molecule has 4 heteroatoms. The number of thioether (sulfide) groups is 1. The number of anilines is 1. The molecule has 1 aliphatic heterocycles. The summed E-state index contributed by atoms with van der Waals surface area (Å²) in [6.07, 6.45) is 8.03. The summed E-state index contributed by atoms with van der Waals surface area (Å²) in [7, 11) is 0.